The number of hydrogen-bond acceptors (Lipinski definition) is 4. The molecule has 0 aromatic carbocycles. The van der Waals surface area contributed by atoms with Crippen LogP contribution >= 0.6 is 7.60 Å². The van der Waals surface area contributed by atoms with Crippen LogP contribution in [0.1, 0.15) is 79.6 Å². The first-order valence-corrected chi connectivity index (χ1v) is 10.1. The molecular formula is C17H33O4P. The number of rotatable bonds is 9. The molecule has 1 rings (SSSR count). The summed E-state index contributed by atoms with van der Waals surface area (Å²) in [4.78, 5) is 12.2. The van der Waals surface area contributed by atoms with Crippen LogP contribution in [0.4, 0.5) is 0 Å². The number of carbonyl (C=O) groups is 1. The molecular weight excluding hydrogens is 299 g/mol. The van der Waals surface area contributed by atoms with Crippen LogP contribution in [0.5, 0.6) is 0 Å². The molecule has 1 aliphatic carbocycles. The van der Waals surface area contributed by atoms with Crippen molar-refractivity contribution < 1.29 is 18.4 Å². The lowest BCUT2D eigenvalue weighted by atomic mass is 9.72. The van der Waals surface area contributed by atoms with E-state index in [1.54, 1.807) is 0 Å². The van der Waals surface area contributed by atoms with Crippen LogP contribution in [0.25, 0.3) is 0 Å². The molecule has 0 aliphatic heterocycles. The largest absolute Gasteiger partial charge is 0.336 e. The summed E-state index contributed by atoms with van der Waals surface area (Å²) in [6.07, 6.45) is 5.22. The zero-order valence-electron chi connectivity index (χ0n) is 14.9. The molecule has 1 fully saturated rings. The van der Waals surface area contributed by atoms with Crippen LogP contribution < -0.4 is 0 Å². The molecule has 0 heterocycles. The van der Waals surface area contributed by atoms with Crippen molar-refractivity contribution in [2.24, 2.45) is 5.41 Å². The number of hydrogen-bond donors (Lipinski definition) is 0. The van der Waals surface area contributed by atoms with Crippen molar-refractivity contribution in [1.29, 1.82) is 0 Å². The van der Waals surface area contributed by atoms with Crippen LogP contribution in [0, 0.1) is 5.41 Å². The van der Waals surface area contributed by atoms with Crippen molar-refractivity contribution in [3.05, 3.63) is 0 Å². The second-order valence-corrected chi connectivity index (χ2v) is 10.2. The third-order valence-corrected chi connectivity index (χ3v) is 6.98. The van der Waals surface area contributed by atoms with E-state index in [9.17, 15) is 9.36 Å². The van der Waals surface area contributed by atoms with Gasteiger partial charge in [0.1, 0.15) is 5.78 Å². The third-order valence-electron chi connectivity index (χ3n) is 4.29. The molecule has 1 aliphatic rings. The van der Waals surface area contributed by atoms with Gasteiger partial charge in [0.15, 0.2) is 0 Å². The molecule has 0 saturated heterocycles. The van der Waals surface area contributed by atoms with E-state index in [1.807, 2.05) is 6.92 Å². The molecule has 4 nitrogen and oxygen atoms in total. The second kappa shape index (κ2) is 8.08. The Morgan fingerprint density at radius 2 is 1.50 bits per heavy atom. The van der Waals surface area contributed by atoms with Gasteiger partial charge in [-0.05, 0) is 31.6 Å². The van der Waals surface area contributed by atoms with Gasteiger partial charge in [-0.2, -0.15) is 0 Å². The smallest absolute Gasteiger partial charge is 0.308 e. The number of Topliss-reactive ketones (excluding diaryl/α,β-unsaturated/α-hetero) is 1. The third kappa shape index (κ3) is 5.18. The van der Waals surface area contributed by atoms with Crippen molar-refractivity contribution in [2.75, 3.05) is 13.2 Å². The van der Waals surface area contributed by atoms with Crippen molar-refractivity contribution >= 4 is 13.4 Å². The highest BCUT2D eigenvalue weighted by Gasteiger charge is 2.54. The van der Waals surface area contributed by atoms with Crippen LogP contribution in [0.2, 0.25) is 0 Å². The molecule has 0 aromatic heterocycles. The normalized spacial score (nSPS) is 25.4. The van der Waals surface area contributed by atoms with Gasteiger partial charge >= 0.3 is 7.60 Å². The maximum Gasteiger partial charge on any atom is 0.336 e. The Balaban J connectivity index is 2.96. The minimum Gasteiger partial charge on any atom is -0.308 e. The van der Waals surface area contributed by atoms with E-state index < -0.39 is 12.8 Å². The molecule has 0 bridgehead atoms. The molecule has 0 amide bonds. The van der Waals surface area contributed by atoms with E-state index in [1.165, 1.54) is 0 Å². The summed E-state index contributed by atoms with van der Waals surface area (Å²) in [7, 11) is -3.30. The van der Waals surface area contributed by atoms with Gasteiger partial charge in [-0.3, -0.25) is 9.36 Å². The zero-order chi connectivity index (χ0) is 16.9. The summed E-state index contributed by atoms with van der Waals surface area (Å²) in [5, 5.41) is -0.701. The average Bonchev–Trinajstić information content (AvgIpc) is 2.36. The van der Waals surface area contributed by atoms with E-state index in [-0.39, 0.29) is 11.2 Å². The minimum absolute atomic E-state index is 0.151. The van der Waals surface area contributed by atoms with Crippen LogP contribution in [0.15, 0.2) is 0 Å². The van der Waals surface area contributed by atoms with Crippen LogP contribution in [0.3, 0.4) is 0 Å². The van der Waals surface area contributed by atoms with Gasteiger partial charge < -0.3 is 9.05 Å². The fourth-order valence-electron chi connectivity index (χ4n) is 3.38. The fourth-order valence-corrected chi connectivity index (χ4v) is 5.81. The van der Waals surface area contributed by atoms with Crippen molar-refractivity contribution in [2.45, 2.75) is 84.7 Å². The molecule has 130 valence electrons. The summed E-state index contributed by atoms with van der Waals surface area (Å²) in [6.45, 7) is 11.0. The van der Waals surface area contributed by atoms with E-state index in [0.29, 0.717) is 32.5 Å². The Hall–Kier alpha value is -0.180. The quantitative estimate of drug-likeness (QED) is 0.422. The van der Waals surface area contributed by atoms with Gasteiger partial charge in [0.05, 0.1) is 18.4 Å². The average molecular weight is 332 g/mol. The highest BCUT2D eigenvalue weighted by Crippen LogP contribution is 2.66. The number of ketones is 1. The summed E-state index contributed by atoms with van der Waals surface area (Å²) >= 11 is 0. The Morgan fingerprint density at radius 1 is 1.00 bits per heavy atom. The zero-order valence-corrected chi connectivity index (χ0v) is 15.8. The van der Waals surface area contributed by atoms with Crippen LogP contribution in [-0.4, -0.2) is 24.2 Å². The topological polar surface area (TPSA) is 52.6 Å². The van der Waals surface area contributed by atoms with Crippen LogP contribution in [-0.2, 0) is 18.4 Å². The Labute approximate surface area is 135 Å². The molecule has 1 atom stereocenters. The van der Waals surface area contributed by atoms with Gasteiger partial charge in [0, 0.05) is 12.8 Å². The molecule has 0 spiro atoms. The molecule has 1 unspecified atom stereocenters. The predicted octanol–water partition coefficient (Wildman–Crippen LogP) is 5.35. The number of unbranched alkanes of at least 4 members (excludes halogenated alkanes) is 2. The summed E-state index contributed by atoms with van der Waals surface area (Å²) in [5.74, 6) is 0.164. The second-order valence-electron chi connectivity index (χ2n) is 7.60. The van der Waals surface area contributed by atoms with Gasteiger partial charge in [-0.15, -0.1) is 0 Å². The molecule has 0 N–H and O–H groups in total. The van der Waals surface area contributed by atoms with Crippen molar-refractivity contribution in [3.8, 4) is 0 Å². The highest BCUT2D eigenvalue weighted by molar-refractivity contribution is 7.55. The summed E-state index contributed by atoms with van der Waals surface area (Å²) in [5.41, 5.74) is -0.151. The van der Waals surface area contributed by atoms with Gasteiger partial charge in [0.2, 0.25) is 0 Å². The summed E-state index contributed by atoms with van der Waals surface area (Å²) in [6, 6.07) is 0. The van der Waals surface area contributed by atoms with Crippen molar-refractivity contribution in [3.63, 3.8) is 0 Å². The lowest BCUT2D eigenvalue weighted by Crippen LogP contribution is -2.41. The Kier molecular flexibility index (Phi) is 7.29. The van der Waals surface area contributed by atoms with Gasteiger partial charge in [-0.25, -0.2) is 0 Å². The van der Waals surface area contributed by atoms with Crippen molar-refractivity contribution in [1.82, 2.24) is 0 Å². The lowest BCUT2D eigenvalue weighted by molar-refractivity contribution is -0.124. The first-order valence-electron chi connectivity index (χ1n) is 8.59. The predicted molar refractivity (Wildman–Crippen MR) is 90.4 cm³/mol. The minimum atomic E-state index is -3.30. The van der Waals surface area contributed by atoms with E-state index in [4.69, 9.17) is 9.05 Å². The fraction of sp³-hybridized carbons (Fsp3) is 0.941. The van der Waals surface area contributed by atoms with E-state index >= 15 is 0 Å². The molecule has 22 heavy (non-hydrogen) atoms. The maximum atomic E-state index is 13.5. The van der Waals surface area contributed by atoms with Gasteiger partial charge in [0.25, 0.3) is 0 Å². The molecule has 0 radical (unpaired) electrons. The number of carbonyl (C=O) groups excluding carboxylic acids is 1. The molecule has 0 aromatic rings. The first-order chi connectivity index (χ1) is 10.2. The highest BCUT2D eigenvalue weighted by atomic mass is 31.2. The van der Waals surface area contributed by atoms with E-state index in [2.05, 4.69) is 27.7 Å². The van der Waals surface area contributed by atoms with E-state index in [0.717, 1.165) is 25.7 Å². The lowest BCUT2D eigenvalue weighted by Gasteiger charge is -2.44. The maximum absolute atomic E-state index is 13.5. The molecule has 1 saturated carbocycles. The Morgan fingerprint density at radius 3 is 1.91 bits per heavy atom. The first kappa shape index (κ1) is 19.9. The monoisotopic (exact) mass is 332 g/mol. The SMILES string of the molecule is CCCCOP(=O)(OCCCC)C1(C)CC(=O)CC(C)(C)C1. The Bertz CT molecular complexity index is 405. The standard InChI is InChI=1S/C17H33O4P/c1-6-8-10-20-22(19,21-11-9-7-2)17(5)13-15(18)12-16(3,4)14-17/h6-14H2,1-5H3. The summed E-state index contributed by atoms with van der Waals surface area (Å²) < 4.78 is 25.0. The van der Waals surface area contributed by atoms with Gasteiger partial charge in [-0.1, -0.05) is 40.5 Å². The molecule has 5 heteroatoms.